The van der Waals surface area contributed by atoms with E-state index < -0.39 is 0 Å². The first-order chi connectivity index (χ1) is 13.0. The topological polar surface area (TPSA) is 68.4 Å². The number of hydrogen-bond acceptors (Lipinski definition) is 4. The Hall–Kier alpha value is -2.44. The molecule has 2 heterocycles. The van der Waals surface area contributed by atoms with Crippen LogP contribution >= 0.6 is 0 Å². The van der Waals surface area contributed by atoms with E-state index in [9.17, 15) is 9.59 Å². The third-order valence-electron chi connectivity index (χ3n) is 5.05. The quantitative estimate of drug-likeness (QED) is 0.762. The number of benzene rings is 1. The molecule has 0 radical (unpaired) electrons. The predicted molar refractivity (Wildman–Crippen MR) is 108 cm³/mol. The van der Waals surface area contributed by atoms with E-state index >= 15 is 0 Å². The van der Waals surface area contributed by atoms with Crippen LogP contribution in [0.1, 0.15) is 22.3 Å². The molecule has 6 heteroatoms. The molecule has 3 rings (SSSR count). The second kappa shape index (κ2) is 8.97. The van der Waals surface area contributed by atoms with Crippen molar-refractivity contribution in [1.82, 2.24) is 20.1 Å². The van der Waals surface area contributed by atoms with Gasteiger partial charge in [-0.15, -0.1) is 0 Å². The Balaban J connectivity index is 1.51. The van der Waals surface area contributed by atoms with Gasteiger partial charge in [0, 0.05) is 38.4 Å². The largest absolute Gasteiger partial charge is 0.352 e. The first kappa shape index (κ1) is 19.3. The fraction of sp³-hybridized carbons (Fsp3) is 0.429. The van der Waals surface area contributed by atoms with Gasteiger partial charge in [-0.1, -0.05) is 29.8 Å². The molecule has 0 aliphatic carbocycles. The lowest BCUT2D eigenvalue weighted by Gasteiger charge is -2.32. The van der Waals surface area contributed by atoms with Crippen LogP contribution in [0.5, 0.6) is 0 Å². The summed E-state index contributed by atoms with van der Waals surface area (Å²) in [6, 6.07) is 11.3. The van der Waals surface area contributed by atoms with E-state index in [4.69, 9.17) is 0 Å². The highest BCUT2D eigenvalue weighted by Gasteiger charge is 2.14. The average molecular weight is 368 g/mol. The van der Waals surface area contributed by atoms with Gasteiger partial charge in [0.15, 0.2) is 0 Å². The fourth-order valence-corrected chi connectivity index (χ4v) is 3.23. The molecule has 2 N–H and O–H groups in total. The number of piperazine rings is 1. The number of carbonyl (C=O) groups excluding carboxylic acids is 1. The number of aryl methyl sites for hydroxylation is 1. The van der Waals surface area contributed by atoms with Crippen LogP contribution in [0.3, 0.4) is 0 Å². The van der Waals surface area contributed by atoms with Gasteiger partial charge in [0.1, 0.15) is 5.56 Å². The number of rotatable bonds is 6. The summed E-state index contributed by atoms with van der Waals surface area (Å²) >= 11 is 0. The molecule has 0 unspecified atom stereocenters. The van der Waals surface area contributed by atoms with Crippen LogP contribution in [0.4, 0.5) is 0 Å². The molecule has 2 aromatic rings. The lowest BCUT2D eigenvalue weighted by molar-refractivity contribution is 0.0948. The first-order valence-corrected chi connectivity index (χ1v) is 9.52. The van der Waals surface area contributed by atoms with Gasteiger partial charge in [0.25, 0.3) is 11.5 Å². The minimum absolute atomic E-state index is 0.158. The molecule has 1 aliphatic heterocycles. The summed E-state index contributed by atoms with van der Waals surface area (Å²) in [6.45, 7) is 7.89. The molecule has 0 bridgehead atoms. The smallest absolute Gasteiger partial charge is 0.261 e. The summed E-state index contributed by atoms with van der Waals surface area (Å²) in [7, 11) is 2.14. The number of carbonyl (C=O) groups is 1. The van der Waals surface area contributed by atoms with Crippen LogP contribution in [0.2, 0.25) is 0 Å². The van der Waals surface area contributed by atoms with Crippen LogP contribution in [0.25, 0.3) is 11.3 Å². The minimum atomic E-state index is -0.357. The summed E-state index contributed by atoms with van der Waals surface area (Å²) in [5.41, 5.74) is 2.60. The zero-order valence-corrected chi connectivity index (χ0v) is 16.1. The third kappa shape index (κ3) is 5.28. The Morgan fingerprint density at radius 3 is 2.44 bits per heavy atom. The SMILES string of the molecule is Cc1ccc(-c2ccc(C(=O)NCCCN3CCN(C)CC3)c(=O)[nH]2)cc1. The number of aromatic nitrogens is 1. The van der Waals surface area contributed by atoms with Crippen molar-refractivity contribution in [2.24, 2.45) is 0 Å². The molecule has 144 valence electrons. The molecule has 0 spiro atoms. The molecule has 0 atom stereocenters. The molecule has 1 fully saturated rings. The van der Waals surface area contributed by atoms with Crippen molar-refractivity contribution in [2.75, 3.05) is 46.3 Å². The molecule has 0 saturated carbocycles. The molecular formula is C21H28N4O2. The van der Waals surface area contributed by atoms with Crippen molar-refractivity contribution in [1.29, 1.82) is 0 Å². The standard InChI is InChI=1S/C21H28N4O2/c1-16-4-6-17(7-5-16)19-9-8-18(21(27)23-19)20(26)22-10-3-11-25-14-12-24(2)13-15-25/h4-9H,3,10-15H2,1-2H3,(H,22,26)(H,23,27). The second-order valence-electron chi connectivity index (χ2n) is 7.24. The van der Waals surface area contributed by atoms with E-state index in [0.29, 0.717) is 12.2 Å². The van der Waals surface area contributed by atoms with E-state index in [2.05, 4.69) is 27.1 Å². The maximum Gasteiger partial charge on any atom is 0.261 e. The van der Waals surface area contributed by atoms with E-state index in [-0.39, 0.29) is 17.0 Å². The molecule has 1 aliphatic rings. The number of amides is 1. The summed E-state index contributed by atoms with van der Waals surface area (Å²) in [4.78, 5) is 32.1. The van der Waals surface area contributed by atoms with Crippen LogP contribution in [0, 0.1) is 6.92 Å². The number of hydrogen-bond donors (Lipinski definition) is 2. The molecule has 6 nitrogen and oxygen atoms in total. The number of pyridine rings is 1. The zero-order chi connectivity index (χ0) is 19.2. The highest BCUT2D eigenvalue weighted by Crippen LogP contribution is 2.16. The monoisotopic (exact) mass is 368 g/mol. The molecular weight excluding hydrogens is 340 g/mol. The highest BCUT2D eigenvalue weighted by molar-refractivity contribution is 5.94. The number of nitrogens with one attached hydrogen (secondary N) is 2. The zero-order valence-electron chi connectivity index (χ0n) is 16.1. The maximum atomic E-state index is 12.3. The summed E-state index contributed by atoms with van der Waals surface area (Å²) in [6.07, 6.45) is 0.884. The van der Waals surface area contributed by atoms with Crippen molar-refractivity contribution in [2.45, 2.75) is 13.3 Å². The molecule has 1 aromatic carbocycles. The lowest BCUT2D eigenvalue weighted by Crippen LogP contribution is -2.45. The lowest BCUT2D eigenvalue weighted by atomic mass is 10.1. The Bertz CT molecular complexity index is 821. The number of likely N-dealkylation sites (N-methyl/N-ethyl adjacent to an activating group) is 1. The second-order valence-corrected chi connectivity index (χ2v) is 7.24. The van der Waals surface area contributed by atoms with Crippen molar-refractivity contribution >= 4 is 5.91 Å². The normalized spacial score (nSPS) is 15.6. The Morgan fingerprint density at radius 1 is 1.07 bits per heavy atom. The molecule has 1 saturated heterocycles. The van der Waals surface area contributed by atoms with Gasteiger partial charge < -0.3 is 20.1 Å². The van der Waals surface area contributed by atoms with Gasteiger partial charge in [0.05, 0.1) is 0 Å². The van der Waals surface area contributed by atoms with Gasteiger partial charge >= 0.3 is 0 Å². The summed E-state index contributed by atoms with van der Waals surface area (Å²) in [5.74, 6) is -0.315. The summed E-state index contributed by atoms with van der Waals surface area (Å²) in [5, 5.41) is 2.86. The predicted octanol–water partition coefficient (Wildman–Crippen LogP) is 1.72. The summed E-state index contributed by atoms with van der Waals surface area (Å²) < 4.78 is 0. The van der Waals surface area contributed by atoms with Crippen LogP contribution in [-0.4, -0.2) is 67.0 Å². The van der Waals surface area contributed by atoms with Crippen molar-refractivity contribution < 1.29 is 4.79 Å². The fourth-order valence-electron chi connectivity index (χ4n) is 3.23. The molecule has 27 heavy (non-hydrogen) atoms. The number of nitrogens with zero attached hydrogens (tertiary/aromatic N) is 2. The number of aromatic amines is 1. The molecule has 1 aromatic heterocycles. The van der Waals surface area contributed by atoms with Crippen LogP contribution < -0.4 is 10.9 Å². The van der Waals surface area contributed by atoms with Crippen molar-refractivity contribution in [3.05, 3.63) is 57.9 Å². The third-order valence-corrected chi connectivity index (χ3v) is 5.05. The van der Waals surface area contributed by atoms with Gasteiger partial charge in [-0.25, -0.2) is 0 Å². The van der Waals surface area contributed by atoms with Gasteiger partial charge in [-0.3, -0.25) is 9.59 Å². The van der Waals surface area contributed by atoms with Gasteiger partial charge in [-0.2, -0.15) is 0 Å². The minimum Gasteiger partial charge on any atom is -0.352 e. The average Bonchev–Trinajstić information content (AvgIpc) is 2.67. The van der Waals surface area contributed by atoms with Crippen molar-refractivity contribution in [3.8, 4) is 11.3 Å². The van der Waals surface area contributed by atoms with E-state index in [1.807, 2.05) is 31.2 Å². The van der Waals surface area contributed by atoms with Crippen LogP contribution in [-0.2, 0) is 0 Å². The van der Waals surface area contributed by atoms with Crippen molar-refractivity contribution in [3.63, 3.8) is 0 Å². The first-order valence-electron chi connectivity index (χ1n) is 9.52. The van der Waals surface area contributed by atoms with E-state index in [0.717, 1.165) is 50.3 Å². The Labute approximate surface area is 160 Å². The van der Waals surface area contributed by atoms with Crippen LogP contribution in [0.15, 0.2) is 41.2 Å². The Kier molecular flexibility index (Phi) is 6.42. The highest BCUT2D eigenvalue weighted by atomic mass is 16.2. The maximum absolute atomic E-state index is 12.3. The van der Waals surface area contributed by atoms with Gasteiger partial charge in [-0.05, 0) is 44.6 Å². The van der Waals surface area contributed by atoms with Gasteiger partial charge in [0.2, 0.25) is 0 Å². The van der Waals surface area contributed by atoms with E-state index in [1.54, 1.807) is 12.1 Å². The Morgan fingerprint density at radius 2 is 1.78 bits per heavy atom. The van der Waals surface area contributed by atoms with E-state index in [1.165, 1.54) is 0 Å². The molecule has 1 amide bonds. The number of H-pyrrole nitrogens is 1.